The predicted octanol–water partition coefficient (Wildman–Crippen LogP) is 4.73. The Morgan fingerprint density at radius 1 is 1.16 bits per heavy atom. The molecule has 2 rings (SSSR count). The van der Waals surface area contributed by atoms with Crippen LogP contribution in [0, 0.1) is 6.92 Å². The van der Waals surface area contributed by atoms with Gasteiger partial charge >= 0.3 is 0 Å². The zero-order chi connectivity index (χ0) is 13.5. The molecule has 0 bridgehead atoms. The van der Waals surface area contributed by atoms with Crippen molar-refractivity contribution in [3.8, 4) is 0 Å². The summed E-state index contributed by atoms with van der Waals surface area (Å²) in [4.78, 5) is 1.45. The average molecular weight is 273 g/mol. The molecule has 1 heterocycles. The molecule has 0 aliphatic heterocycles. The third-order valence-electron chi connectivity index (χ3n) is 3.48. The molecule has 0 saturated heterocycles. The third-order valence-corrected chi connectivity index (χ3v) is 4.34. The van der Waals surface area contributed by atoms with Crippen molar-refractivity contribution in [1.82, 2.24) is 5.32 Å². The zero-order valence-electron chi connectivity index (χ0n) is 11.9. The van der Waals surface area contributed by atoms with Crippen molar-refractivity contribution in [3.05, 3.63) is 57.8 Å². The summed E-state index contributed by atoms with van der Waals surface area (Å²) in [5.41, 5.74) is 2.91. The van der Waals surface area contributed by atoms with Crippen LogP contribution in [0.1, 0.15) is 41.8 Å². The molecule has 1 nitrogen and oxygen atoms in total. The maximum absolute atomic E-state index is 3.69. The minimum atomic E-state index is 0.492. The van der Waals surface area contributed by atoms with Crippen molar-refractivity contribution in [2.75, 3.05) is 6.54 Å². The largest absolute Gasteiger partial charge is 0.310 e. The topological polar surface area (TPSA) is 12.0 Å². The molecular formula is C17H23NS. The summed E-state index contributed by atoms with van der Waals surface area (Å²) in [7, 11) is 0. The average Bonchev–Trinajstić information content (AvgIpc) is 2.86. The van der Waals surface area contributed by atoms with E-state index in [0.717, 1.165) is 13.0 Å². The van der Waals surface area contributed by atoms with Crippen LogP contribution in [0.15, 0.2) is 41.8 Å². The monoisotopic (exact) mass is 273 g/mol. The van der Waals surface area contributed by atoms with Crippen LogP contribution >= 0.6 is 11.3 Å². The van der Waals surface area contributed by atoms with E-state index >= 15 is 0 Å². The molecule has 0 radical (unpaired) electrons. The molecule has 0 saturated carbocycles. The first-order chi connectivity index (χ1) is 9.31. The molecule has 2 aromatic rings. The highest BCUT2D eigenvalue weighted by atomic mass is 32.1. The minimum Gasteiger partial charge on any atom is -0.310 e. The number of benzene rings is 1. The van der Waals surface area contributed by atoms with Crippen molar-refractivity contribution < 1.29 is 0 Å². The Balaban J connectivity index is 2.00. The highest BCUT2D eigenvalue weighted by Gasteiger charge is 2.13. The van der Waals surface area contributed by atoms with Gasteiger partial charge in [-0.25, -0.2) is 0 Å². The molecule has 2 heteroatoms. The van der Waals surface area contributed by atoms with Crippen LogP contribution in [0.25, 0.3) is 0 Å². The number of aryl methyl sites for hydroxylation is 2. The Morgan fingerprint density at radius 3 is 2.58 bits per heavy atom. The van der Waals surface area contributed by atoms with Crippen molar-refractivity contribution in [2.45, 2.75) is 39.2 Å². The van der Waals surface area contributed by atoms with Gasteiger partial charge in [-0.15, -0.1) is 11.3 Å². The highest BCUT2D eigenvalue weighted by molar-refractivity contribution is 7.10. The molecule has 0 fully saturated rings. The molecule has 1 N–H and O–H groups in total. The lowest BCUT2D eigenvalue weighted by Crippen LogP contribution is -2.22. The number of hydrogen-bond acceptors (Lipinski definition) is 2. The van der Waals surface area contributed by atoms with Gasteiger partial charge in [-0.05, 0) is 55.3 Å². The first-order valence-electron chi connectivity index (χ1n) is 7.12. The Bertz CT molecular complexity index is 475. The fraction of sp³-hybridized carbons (Fsp3) is 0.412. The van der Waals surface area contributed by atoms with Crippen LogP contribution in [0.3, 0.4) is 0 Å². The normalized spacial score (nSPS) is 12.5. The van der Waals surface area contributed by atoms with Gasteiger partial charge in [0.05, 0.1) is 0 Å². The van der Waals surface area contributed by atoms with Gasteiger partial charge in [0, 0.05) is 10.9 Å². The van der Waals surface area contributed by atoms with E-state index in [4.69, 9.17) is 0 Å². The Kier molecular flexibility index (Phi) is 5.62. The van der Waals surface area contributed by atoms with Crippen LogP contribution in [0.5, 0.6) is 0 Å². The molecule has 1 unspecified atom stereocenters. The standard InChI is InChI=1S/C17H23NS/c1-3-12-18-17(16-11-13-19-14(16)2)10-9-15-7-5-4-6-8-15/h4-8,11,13,17-18H,3,9-10,12H2,1-2H3. The van der Waals surface area contributed by atoms with E-state index in [-0.39, 0.29) is 0 Å². The molecule has 0 amide bonds. The molecule has 0 aliphatic rings. The minimum absolute atomic E-state index is 0.492. The fourth-order valence-electron chi connectivity index (χ4n) is 2.40. The van der Waals surface area contributed by atoms with E-state index in [1.54, 1.807) is 0 Å². The van der Waals surface area contributed by atoms with Crippen molar-refractivity contribution in [2.24, 2.45) is 0 Å². The second-order valence-electron chi connectivity index (χ2n) is 4.96. The maximum atomic E-state index is 3.69. The molecule has 102 valence electrons. The zero-order valence-corrected chi connectivity index (χ0v) is 12.7. The number of thiophene rings is 1. The van der Waals surface area contributed by atoms with E-state index in [0.29, 0.717) is 6.04 Å². The summed E-state index contributed by atoms with van der Waals surface area (Å²) in [6, 6.07) is 13.5. The quantitative estimate of drug-likeness (QED) is 0.769. The van der Waals surface area contributed by atoms with E-state index in [1.807, 2.05) is 11.3 Å². The lowest BCUT2D eigenvalue weighted by atomic mass is 9.99. The molecule has 1 aromatic carbocycles. The van der Waals surface area contributed by atoms with E-state index < -0.39 is 0 Å². The second-order valence-corrected chi connectivity index (χ2v) is 6.08. The summed E-state index contributed by atoms with van der Waals surface area (Å²) in [5, 5.41) is 5.89. The van der Waals surface area contributed by atoms with Crippen molar-refractivity contribution >= 4 is 11.3 Å². The van der Waals surface area contributed by atoms with Gasteiger partial charge < -0.3 is 5.32 Å². The van der Waals surface area contributed by atoms with E-state index in [1.165, 1.54) is 28.8 Å². The molecular weight excluding hydrogens is 250 g/mol. The Labute approximate surface area is 120 Å². The lowest BCUT2D eigenvalue weighted by molar-refractivity contribution is 0.499. The predicted molar refractivity (Wildman–Crippen MR) is 84.9 cm³/mol. The number of nitrogens with one attached hydrogen (secondary N) is 1. The Hall–Kier alpha value is -1.12. The molecule has 19 heavy (non-hydrogen) atoms. The second kappa shape index (κ2) is 7.46. The van der Waals surface area contributed by atoms with Crippen LogP contribution in [-0.2, 0) is 6.42 Å². The van der Waals surface area contributed by atoms with Gasteiger partial charge in [-0.1, -0.05) is 37.3 Å². The van der Waals surface area contributed by atoms with Gasteiger partial charge in [0.1, 0.15) is 0 Å². The summed E-state index contributed by atoms with van der Waals surface area (Å²) in [5.74, 6) is 0. The maximum Gasteiger partial charge on any atom is 0.0334 e. The van der Waals surface area contributed by atoms with Crippen molar-refractivity contribution in [1.29, 1.82) is 0 Å². The van der Waals surface area contributed by atoms with Crippen LogP contribution in [0.4, 0.5) is 0 Å². The fourth-order valence-corrected chi connectivity index (χ4v) is 3.16. The van der Waals surface area contributed by atoms with Gasteiger partial charge in [-0.3, -0.25) is 0 Å². The smallest absolute Gasteiger partial charge is 0.0334 e. The van der Waals surface area contributed by atoms with Gasteiger partial charge in [0.2, 0.25) is 0 Å². The van der Waals surface area contributed by atoms with Gasteiger partial charge in [0.25, 0.3) is 0 Å². The molecule has 0 spiro atoms. The van der Waals surface area contributed by atoms with Gasteiger partial charge in [-0.2, -0.15) is 0 Å². The third kappa shape index (κ3) is 4.19. The first kappa shape index (κ1) is 14.3. The molecule has 1 atom stereocenters. The number of hydrogen-bond donors (Lipinski definition) is 1. The van der Waals surface area contributed by atoms with E-state index in [9.17, 15) is 0 Å². The molecule has 1 aromatic heterocycles. The van der Waals surface area contributed by atoms with Crippen LogP contribution in [0.2, 0.25) is 0 Å². The summed E-state index contributed by atoms with van der Waals surface area (Å²) in [6.07, 6.45) is 3.49. The lowest BCUT2D eigenvalue weighted by Gasteiger charge is -2.19. The van der Waals surface area contributed by atoms with Crippen LogP contribution in [-0.4, -0.2) is 6.54 Å². The Morgan fingerprint density at radius 2 is 1.95 bits per heavy atom. The summed E-state index contributed by atoms with van der Waals surface area (Å²) < 4.78 is 0. The number of rotatable bonds is 7. The SMILES string of the molecule is CCCNC(CCc1ccccc1)c1ccsc1C. The van der Waals surface area contributed by atoms with Crippen molar-refractivity contribution in [3.63, 3.8) is 0 Å². The highest BCUT2D eigenvalue weighted by Crippen LogP contribution is 2.26. The summed E-state index contributed by atoms with van der Waals surface area (Å²) in [6.45, 7) is 5.54. The van der Waals surface area contributed by atoms with Crippen LogP contribution < -0.4 is 5.32 Å². The molecule has 0 aliphatic carbocycles. The first-order valence-corrected chi connectivity index (χ1v) is 8.00. The van der Waals surface area contributed by atoms with E-state index in [2.05, 4.69) is 60.9 Å². The summed E-state index contributed by atoms with van der Waals surface area (Å²) >= 11 is 1.85. The van der Waals surface area contributed by atoms with Gasteiger partial charge in [0.15, 0.2) is 0 Å².